The second-order valence-corrected chi connectivity index (χ2v) is 18.0. The number of carbonyl (C=O) groups excluding carboxylic acids is 2. The van der Waals surface area contributed by atoms with Gasteiger partial charge in [-0.1, -0.05) is 124 Å². The molecule has 4 saturated carbocycles. The molecule has 0 aromatic rings. The van der Waals surface area contributed by atoms with Crippen LogP contribution in [0, 0.1) is 22.2 Å². The Bertz CT molecular complexity index is 979. The highest BCUT2D eigenvalue weighted by Crippen LogP contribution is 2.73. The molecule has 0 aliphatic heterocycles. The van der Waals surface area contributed by atoms with Gasteiger partial charge in [-0.05, 0) is 112 Å². The first-order valence-electron chi connectivity index (χ1n) is 22.2. The van der Waals surface area contributed by atoms with Crippen LogP contribution in [0.5, 0.6) is 0 Å². The van der Waals surface area contributed by atoms with Crippen LogP contribution >= 0.6 is 0 Å². The van der Waals surface area contributed by atoms with E-state index in [-0.39, 0.29) is 40.7 Å². The molecule has 0 radical (unpaired) electrons. The van der Waals surface area contributed by atoms with E-state index in [1.54, 1.807) is 0 Å². The van der Waals surface area contributed by atoms with E-state index >= 15 is 0 Å². The van der Waals surface area contributed by atoms with Crippen LogP contribution in [-0.2, 0) is 23.9 Å². The highest BCUT2D eigenvalue weighted by molar-refractivity contribution is 5.70. The first kappa shape index (κ1) is 43.8. The van der Waals surface area contributed by atoms with Crippen molar-refractivity contribution in [2.45, 2.75) is 239 Å². The van der Waals surface area contributed by atoms with Crippen molar-refractivity contribution >= 4 is 17.9 Å². The summed E-state index contributed by atoms with van der Waals surface area (Å²) in [6, 6.07) is 0. The Morgan fingerprint density at radius 1 is 0.549 bits per heavy atom. The van der Waals surface area contributed by atoms with Gasteiger partial charge in [0.25, 0.3) is 0 Å². The van der Waals surface area contributed by atoms with Crippen molar-refractivity contribution in [3.05, 3.63) is 0 Å². The maximum atomic E-state index is 13.5. The number of carboxylic acid groups (broad SMARTS) is 1. The molecule has 0 unspecified atom stereocenters. The van der Waals surface area contributed by atoms with Crippen molar-refractivity contribution in [3.63, 3.8) is 0 Å². The summed E-state index contributed by atoms with van der Waals surface area (Å²) in [5.74, 6) is -0.262. The Balaban J connectivity index is 1.55. The molecule has 4 fully saturated rings. The molecular weight excluding hydrogens is 636 g/mol. The summed E-state index contributed by atoms with van der Waals surface area (Å²) in [5, 5.41) is 9.66. The normalized spacial score (nSPS) is 25.1. The number of ether oxygens (including phenoxy) is 2. The van der Waals surface area contributed by atoms with Crippen molar-refractivity contribution in [2.24, 2.45) is 22.2 Å². The molecule has 296 valence electrons. The largest absolute Gasteiger partial charge is 0.481 e. The topological polar surface area (TPSA) is 89.9 Å². The predicted octanol–water partition coefficient (Wildman–Crippen LogP) is 13.1. The Morgan fingerprint density at radius 3 is 1.39 bits per heavy atom. The van der Waals surface area contributed by atoms with Gasteiger partial charge < -0.3 is 14.6 Å². The van der Waals surface area contributed by atoms with E-state index < -0.39 is 5.97 Å². The summed E-state index contributed by atoms with van der Waals surface area (Å²) in [7, 11) is 0. The predicted molar refractivity (Wildman–Crippen MR) is 209 cm³/mol. The lowest BCUT2D eigenvalue weighted by atomic mass is 9.37. The minimum Gasteiger partial charge on any atom is -0.481 e. The number of hydrogen-bond donors (Lipinski definition) is 1. The van der Waals surface area contributed by atoms with E-state index in [0.717, 1.165) is 89.9 Å². The van der Waals surface area contributed by atoms with Crippen molar-refractivity contribution < 1.29 is 29.0 Å². The summed E-state index contributed by atoms with van der Waals surface area (Å²) in [4.78, 5) is 38.2. The van der Waals surface area contributed by atoms with Crippen LogP contribution in [0.4, 0.5) is 0 Å². The minimum absolute atomic E-state index is 0.0154. The van der Waals surface area contributed by atoms with Gasteiger partial charge in [-0.25, -0.2) is 0 Å². The monoisotopic (exact) mass is 717 g/mol. The second kappa shape index (κ2) is 23.9. The van der Waals surface area contributed by atoms with Gasteiger partial charge in [0.05, 0.1) is 6.61 Å². The SMILES string of the molecule is CCCCCCCCCOC(=O)CC[C@@]12C[C@H]3C[C@@](CCC(=O)O)(C1)C[C@](CCC(=O)OC(CCCCCCCC)CCCCCCCC)(C3)C2. The molecule has 0 amide bonds. The number of esters is 2. The molecule has 4 aliphatic rings. The van der Waals surface area contributed by atoms with Crippen LogP contribution in [0.1, 0.15) is 233 Å². The van der Waals surface area contributed by atoms with Crippen molar-refractivity contribution in [3.8, 4) is 0 Å². The number of carboxylic acids is 1. The quantitative estimate of drug-likeness (QED) is 0.0550. The molecular formula is C45H80O6. The lowest BCUT2D eigenvalue weighted by molar-refractivity contribution is -0.177. The third kappa shape index (κ3) is 16.5. The minimum atomic E-state index is -0.715. The van der Waals surface area contributed by atoms with Crippen LogP contribution in [0.15, 0.2) is 0 Å². The van der Waals surface area contributed by atoms with Crippen molar-refractivity contribution in [2.75, 3.05) is 6.61 Å². The maximum Gasteiger partial charge on any atom is 0.306 e. The van der Waals surface area contributed by atoms with Crippen LogP contribution in [-0.4, -0.2) is 35.7 Å². The third-order valence-electron chi connectivity index (χ3n) is 13.1. The fraction of sp³-hybridized carbons (Fsp3) is 0.933. The highest BCUT2D eigenvalue weighted by Gasteiger charge is 2.62. The number of rotatable bonds is 32. The zero-order chi connectivity index (χ0) is 36.8. The van der Waals surface area contributed by atoms with Gasteiger partial charge in [-0.2, -0.15) is 0 Å². The Hall–Kier alpha value is -1.59. The average molecular weight is 717 g/mol. The molecule has 4 atom stereocenters. The first-order chi connectivity index (χ1) is 24.7. The van der Waals surface area contributed by atoms with Gasteiger partial charge >= 0.3 is 17.9 Å². The molecule has 51 heavy (non-hydrogen) atoms. The average Bonchev–Trinajstić information content (AvgIpc) is 3.09. The summed E-state index contributed by atoms with van der Waals surface area (Å²) in [5.41, 5.74) is 0.117. The molecule has 0 aromatic carbocycles. The number of carbonyl (C=O) groups is 3. The fourth-order valence-corrected chi connectivity index (χ4v) is 11.1. The Labute approximate surface area is 313 Å². The van der Waals surface area contributed by atoms with Gasteiger partial charge in [0.1, 0.15) is 6.10 Å². The second-order valence-electron chi connectivity index (χ2n) is 18.0. The highest BCUT2D eigenvalue weighted by atomic mass is 16.5. The Morgan fingerprint density at radius 2 is 0.941 bits per heavy atom. The number of aliphatic carboxylic acids is 1. The molecule has 0 aromatic heterocycles. The molecule has 1 N–H and O–H groups in total. The van der Waals surface area contributed by atoms with E-state index in [1.165, 1.54) is 96.3 Å². The van der Waals surface area contributed by atoms with Crippen molar-refractivity contribution in [1.82, 2.24) is 0 Å². The molecule has 0 heterocycles. The maximum absolute atomic E-state index is 13.5. The summed E-state index contributed by atoms with van der Waals surface area (Å²) in [6.07, 6.45) is 35.4. The lowest BCUT2D eigenvalue weighted by Crippen LogP contribution is -2.57. The van der Waals surface area contributed by atoms with Crippen molar-refractivity contribution in [1.29, 1.82) is 0 Å². The lowest BCUT2D eigenvalue weighted by Gasteiger charge is -2.67. The van der Waals surface area contributed by atoms with E-state index in [9.17, 15) is 19.5 Å². The van der Waals surface area contributed by atoms with Gasteiger partial charge in [0, 0.05) is 19.3 Å². The van der Waals surface area contributed by atoms with Crippen LogP contribution in [0.25, 0.3) is 0 Å². The zero-order valence-corrected chi connectivity index (χ0v) is 33.7. The molecule has 0 spiro atoms. The molecule has 6 heteroatoms. The number of hydrogen-bond acceptors (Lipinski definition) is 5. The smallest absolute Gasteiger partial charge is 0.306 e. The summed E-state index contributed by atoms with van der Waals surface area (Å²) < 4.78 is 12.0. The first-order valence-corrected chi connectivity index (χ1v) is 22.2. The molecule has 4 rings (SSSR count). The van der Waals surface area contributed by atoms with Gasteiger partial charge in [-0.3, -0.25) is 14.4 Å². The van der Waals surface area contributed by atoms with E-state index in [0.29, 0.717) is 31.8 Å². The molecule has 0 saturated heterocycles. The van der Waals surface area contributed by atoms with Gasteiger partial charge in [0.15, 0.2) is 0 Å². The summed E-state index contributed by atoms with van der Waals surface area (Å²) in [6.45, 7) is 7.27. The summed E-state index contributed by atoms with van der Waals surface area (Å²) >= 11 is 0. The van der Waals surface area contributed by atoms with Crippen LogP contribution in [0.2, 0.25) is 0 Å². The van der Waals surface area contributed by atoms with Gasteiger partial charge in [0.2, 0.25) is 0 Å². The molecule has 6 nitrogen and oxygen atoms in total. The van der Waals surface area contributed by atoms with E-state index in [4.69, 9.17) is 9.47 Å². The Kier molecular flexibility index (Phi) is 20.6. The van der Waals surface area contributed by atoms with E-state index in [1.807, 2.05) is 0 Å². The number of unbranched alkanes of at least 4 members (excludes halogenated alkanes) is 16. The van der Waals surface area contributed by atoms with Gasteiger partial charge in [-0.15, -0.1) is 0 Å². The standard InChI is InChI=1S/C45H80O6/c1-4-7-10-13-16-19-22-31-50-41(48)26-29-44-33-38-32-43(35-44,28-25-40(46)47)36-45(34-38,37-44)30-27-42(49)51-39(23-20-17-14-11-8-5-2)24-21-18-15-12-9-6-3/h38-39H,4-37H2,1-3H3,(H,46,47)/t38-,43+,44-,45+/m1/s1. The fourth-order valence-electron chi connectivity index (χ4n) is 11.1. The molecule has 4 aliphatic carbocycles. The van der Waals surface area contributed by atoms with Crippen LogP contribution < -0.4 is 0 Å². The van der Waals surface area contributed by atoms with E-state index in [2.05, 4.69) is 20.8 Å². The third-order valence-corrected chi connectivity index (χ3v) is 13.1. The molecule has 4 bridgehead atoms. The zero-order valence-electron chi connectivity index (χ0n) is 33.7. The van der Waals surface area contributed by atoms with Crippen LogP contribution in [0.3, 0.4) is 0 Å².